The predicted molar refractivity (Wildman–Crippen MR) is 61.3 cm³/mol. The minimum atomic E-state index is -1.12. The van der Waals surface area contributed by atoms with Crippen LogP contribution in [-0.4, -0.2) is 26.0 Å². The van der Waals surface area contributed by atoms with E-state index in [2.05, 4.69) is 20.3 Å². The molecule has 0 aliphatic heterocycles. The summed E-state index contributed by atoms with van der Waals surface area (Å²) in [6.07, 6.45) is 2.49. The number of carboxylic acid groups (broad SMARTS) is 1. The molecule has 3 N–H and O–H groups in total. The number of thiazole rings is 1. The zero-order valence-corrected chi connectivity index (χ0v) is 9.32. The van der Waals surface area contributed by atoms with Gasteiger partial charge in [0.1, 0.15) is 5.82 Å². The van der Waals surface area contributed by atoms with Gasteiger partial charge in [-0.25, -0.2) is 14.8 Å². The van der Waals surface area contributed by atoms with E-state index in [9.17, 15) is 9.59 Å². The van der Waals surface area contributed by atoms with Gasteiger partial charge in [0.15, 0.2) is 5.69 Å². The summed E-state index contributed by atoms with van der Waals surface area (Å²) >= 11 is 1.08. The summed E-state index contributed by atoms with van der Waals surface area (Å²) in [6, 6.07) is 0. The lowest BCUT2D eigenvalue weighted by Gasteiger charge is -2.02. The number of hydrogen-bond donors (Lipinski definition) is 3. The number of nitrogens with one attached hydrogen (secondary N) is 2. The van der Waals surface area contributed by atoms with E-state index in [4.69, 9.17) is 5.11 Å². The van der Waals surface area contributed by atoms with Crippen LogP contribution in [0.15, 0.2) is 22.6 Å². The van der Waals surface area contributed by atoms with Gasteiger partial charge in [-0.1, -0.05) is 11.3 Å². The van der Waals surface area contributed by atoms with Crippen LogP contribution < -0.4 is 10.2 Å². The van der Waals surface area contributed by atoms with E-state index in [0.717, 1.165) is 17.0 Å². The molecule has 0 fully saturated rings. The van der Waals surface area contributed by atoms with Crippen LogP contribution >= 0.6 is 11.3 Å². The molecular weight excluding hydrogens is 244 g/mol. The summed E-state index contributed by atoms with van der Waals surface area (Å²) < 4.78 is 0. The van der Waals surface area contributed by atoms with Gasteiger partial charge >= 0.3 is 10.8 Å². The molecule has 0 aliphatic rings. The highest BCUT2D eigenvalue weighted by Crippen LogP contribution is 2.04. The van der Waals surface area contributed by atoms with Crippen molar-refractivity contribution in [1.29, 1.82) is 0 Å². The zero-order valence-electron chi connectivity index (χ0n) is 8.51. The van der Waals surface area contributed by atoms with Crippen molar-refractivity contribution in [3.8, 4) is 0 Å². The standard InChI is InChI=1S/C9H8N4O3S/c14-8(15)6-2-12-7(3-10-6)11-1-5-4-17-9(16)13-5/h2-4H,1H2,(H,11,12)(H,13,16)(H,14,15). The first kappa shape index (κ1) is 11.3. The topological polar surface area (TPSA) is 108 Å². The highest BCUT2D eigenvalue weighted by Gasteiger charge is 2.04. The van der Waals surface area contributed by atoms with Gasteiger partial charge in [-0.2, -0.15) is 0 Å². The molecule has 0 amide bonds. The van der Waals surface area contributed by atoms with E-state index >= 15 is 0 Å². The third kappa shape index (κ3) is 2.88. The lowest BCUT2D eigenvalue weighted by molar-refractivity contribution is 0.0690. The number of H-pyrrole nitrogens is 1. The number of rotatable bonds is 4. The zero-order chi connectivity index (χ0) is 12.3. The molecule has 0 atom stereocenters. The molecule has 8 heteroatoms. The number of anilines is 1. The maximum Gasteiger partial charge on any atom is 0.356 e. The average Bonchev–Trinajstić information content (AvgIpc) is 2.73. The molecule has 2 heterocycles. The molecule has 0 aromatic carbocycles. The van der Waals surface area contributed by atoms with Crippen LogP contribution in [0.25, 0.3) is 0 Å². The van der Waals surface area contributed by atoms with E-state index in [0.29, 0.717) is 12.4 Å². The Kier molecular flexibility index (Phi) is 3.15. The normalized spacial score (nSPS) is 10.1. The minimum absolute atomic E-state index is 0.112. The Labute approximate surface area is 99.2 Å². The van der Waals surface area contributed by atoms with E-state index in [-0.39, 0.29) is 10.6 Å². The van der Waals surface area contributed by atoms with Gasteiger partial charge in [0.2, 0.25) is 0 Å². The number of aromatic carboxylic acids is 1. The van der Waals surface area contributed by atoms with Crippen molar-refractivity contribution in [2.75, 3.05) is 5.32 Å². The van der Waals surface area contributed by atoms with Crippen molar-refractivity contribution in [1.82, 2.24) is 15.0 Å². The fraction of sp³-hybridized carbons (Fsp3) is 0.111. The second-order valence-corrected chi connectivity index (χ2v) is 3.96. The number of carboxylic acids is 1. The Bertz CT molecular complexity index is 574. The molecule has 0 spiro atoms. The fourth-order valence-corrected chi connectivity index (χ4v) is 1.70. The van der Waals surface area contributed by atoms with Crippen molar-refractivity contribution < 1.29 is 9.90 Å². The van der Waals surface area contributed by atoms with Crippen LogP contribution in [0.5, 0.6) is 0 Å². The van der Waals surface area contributed by atoms with Gasteiger partial charge in [0.25, 0.3) is 0 Å². The summed E-state index contributed by atoms with van der Waals surface area (Å²) in [4.78, 5) is 31.5. The van der Waals surface area contributed by atoms with Gasteiger partial charge in [0, 0.05) is 11.1 Å². The lowest BCUT2D eigenvalue weighted by atomic mass is 10.4. The molecule has 2 rings (SSSR count). The first-order valence-corrected chi connectivity index (χ1v) is 5.49. The Morgan fingerprint density at radius 1 is 1.47 bits per heavy atom. The molecule has 17 heavy (non-hydrogen) atoms. The number of hydrogen-bond acceptors (Lipinski definition) is 6. The molecule has 0 saturated heterocycles. The van der Waals surface area contributed by atoms with E-state index < -0.39 is 5.97 Å². The molecule has 0 saturated carbocycles. The van der Waals surface area contributed by atoms with Crippen LogP contribution in [0.4, 0.5) is 5.82 Å². The third-order valence-electron chi connectivity index (χ3n) is 1.90. The molecule has 0 bridgehead atoms. The molecule has 2 aromatic heterocycles. The molecule has 88 valence electrons. The monoisotopic (exact) mass is 252 g/mol. The highest BCUT2D eigenvalue weighted by atomic mass is 32.1. The predicted octanol–water partition coefficient (Wildman–Crippen LogP) is 0.537. The number of aromatic amines is 1. The van der Waals surface area contributed by atoms with Crippen molar-refractivity contribution in [3.63, 3.8) is 0 Å². The number of carbonyl (C=O) groups is 1. The van der Waals surface area contributed by atoms with Crippen LogP contribution in [0.2, 0.25) is 0 Å². The molecule has 0 radical (unpaired) electrons. The summed E-state index contributed by atoms with van der Waals surface area (Å²) in [7, 11) is 0. The number of nitrogens with zero attached hydrogens (tertiary/aromatic N) is 2. The molecule has 2 aromatic rings. The molecular formula is C9H8N4O3S. The van der Waals surface area contributed by atoms with Crippen molar-refractivity contribution >= 4 is 23.1 Å². The first-order valence-electron chi connectivity index (χ1n) is 4.61. The number of aromatic nitrogens is 3. The van der Waals surface area contributed by atoms with Gasteiger partial charge in [-0.3, -0.25) is 4.79 Å². The average molecular weight is 252 g/mol. The maximum atomic E-state index is 10.9. The molecule has 0 unspecified atom stereocenters. The summed E-state index contributed by atoms with van der Waals surface area (Å²) in [6.45, 7) is 0.403. The smallest absolute Gasteiger partial charge is 0.356 e. The van der Waals surface area contributed by atoms with Crippen molar-refractivity contribution in [2.45, 2.75) is 6.54 Å². The van der Waals surface area contributed by atoms with E-state index in [1.54, 1.807) is 5.38 Å². The van der Waals surface area contributed by atoms with Gasteiger partial charge in [-0.05, 0) is 0 Å². The second-order valence-electron chi connectivity index (χ2n) is 3.12. The van der Waals surface area contributed by atoms with E-state index in [1.807, 2.05) is 0 Å². The van der Waals surface area contributed by atoms with Crippen molar-refractivity contribution in [3.05, 3.63) is 38.8 Å². The summed E-state index contributed by atoms with van der Waals surface area (Å²) in [5, 5.41) is 13.2. The highest BCUT2D eigenvalue weighted by molar-refractivity contribution is 7.07. The van der Waals surface area contributed by atoms with Crippen LogP contribution in [0.3, 0.4) is 0 Å². The maximum absolute atomic E-state index is 10.9. The van der Waals surface area contributed by atoms with Gasteiger partial charge < -0.3 is 15.4 Å². The Hall–Kier alpha value is -2.22. The second kappa shape index (κ2) is 4.74. The summed E-state index contributed by atoms with van der Waals surface area (Å²) in [5.74, 6) is -0.673. The Morgan fingerprint density at radius 2 is 2.29 bits per heavy atom. The molecule has 0 aliphatic carbocycles. The SMILES string of the molecule is O=C(O)c1cnc(NCc2csc(=O)[nH]2)cn1. The van der Waals surface area contributed by atoms with Crippen LogP contribution in [0.1, 0.15) is 16.2 Å². The van der Waals surface area contributed by atoms with E-state index in [1.165, 1.54) is 12.4 Å². The quantitative estimate of drug-likeness (QED) is 0.732. The van der Waals surface area contributed by atoms with Crippen LogP contribution in [0, 0.1) is 0 Å². The fourth-order valence-electron chi connectivity index (χ4n) is 1.12. The summed E-state index contributed by atoms with van der Waals surface area (Å²) in [5.41, 5.74) is 0.628. The molecule has 7 nitrogen and oxygen atoms in total. The third-order valence-corrected chi connectivity index (χ3v) is 2.62. The van der Waals surface area contributed by atoms with Crippen molar-refractivity contribution in [2.24, 2.45) is 0 Å². The first-order chi connectivity index (χ1) is 8.15. The minimum Gasteiger partial charge on any atom is -0.476 e. The largest absolute Gasteiger partial charge is 0.476 e. The Morgan fingerprint density at radius 3 is 2.82 bits per heavy atom. The van der Waals surface area contributed by atoms with Gasteiger partial charge in [-0.15, -0.1) is 0 Å². The Balaban J connectivity index is 2.00. The lowest BCUT2D eigenvalue weighted by Crippen LogP contribution is -2.06. The van der Waals surface area contributed by atoms with Gasteiger partial charge in [0.05, 0.1) is 18.9 Å². The van der Waals surface area contributed by atoms with Crippen LogP contribution in [-0.2, 0) is 6.54 Å².